The van der Waals surface area contributed by atoms with Gasteiger partial charge in [0.25, 0.3) is 0 Å². The van der Waals surface area contributed by atoms with Crippen molar-refractivity contribution >= 4 is 5.91 Å². The van der Waals surface area contributed by atoms with Crippen LogP contribution in [0.3, 0.4) is 0 Å². The minimum Gasteiger partial charge on any atom is -0.356 e. The van der Waals surface area contributed by atoms with Gasteiger partial charge in [-0.1, -0.05) is 20.8 Å². The molecule has 3 nitrogen and oxygen atoms in total. The van der Waals surface area contributed by atoms with Crippen LogP contribution in [0, 0.1) is 17.3 Å². The van der Waals surface area contributed by atoms with Gasteiger partial charge in [-0.15, -0.1) is 0 Å². The van der Waals surface area contributed by atoms with Gasteiger partial charge >= 0.3 is 0 Å². The lowest BCUT2D eigenvalue weighted by Crippen LogP contribution is -2.33. The van der Waals surface area contributed by atoms with Crippen molar-refractivity contribution in [3.8, 4) is 0 Å². The van der Waals surface area contributed by atoms with Gasteiger partial charge in [0.15, 0.2) is 0 Å². The van der Waals surface area contributed by atoms with E-state index in [-0.39, 0.29) is 5.91 Å². The van der Waals surface area contributed by atoms with Crippen LogP contribution in [0.5, 0.6) is 0 Å². The van der Waals surface area contributed by atoms with E-state index < -0.39 is 0 Å². The van der Waals surface area contributed by atoms with Gasteiger partial charge in [0.05, 0.1) is 0 Å². The zero-order valence-electron chi connectivity index (χ0n) is 12.2. The summed E-state index contributed by atoms with van der Waals surface area (Å²) in [6.45, 7) is 11.3. The standard InChI is InChI=1S/C15H28N2O/c1-15(2,3)11-17-7-6-13(10-17)9-16-14(18)8-12-4-5-12/h12-13H,4-11H2,1-3H3,(H,16,18)/t13-/m1/s1. The smallest absolute Gasteiger partial charge is 0.220 e. The average molecular weight is 252 g/mol. The van der Waals surface area contributed by atoms with E-state index in [9.17, 15) is 4.79 Å². The lowest BCUT2D eigenvalue weighted by molar-refractivity contribution is -0.121. The van der Waals surface area contributed by atoms with Crippen molar-refractivity contribution in [2.45, 2.75) is 46.5 Å². The number of hydrogen-bond donors (Lipinski definition) is 1. The molecule has 0 radical (unpaired) electrons. The van der Waals surface area contributed by atoms with Crippen LogP contribution < -0.4 is 5.32 Å². The summed E-state index contributed by atoms with van der Waals surface area (Å²) in [5.74, 6) is 1.63. The van der Waals surface area contributed by atoms with Crippen molar-refractivity contribution in [1.82, 2.24) is 10.2 Å². The Labute approximate surface area is 111 Å². The van der Waals surface area contributed by atoms with E-state index in [1.807, 2.05) is 0 Å². The third-order valence-corrected chi connectivity index (χ3v) is 3.83. The molecule has 0 aromatic heterocycles. The fourth-order valence-corrected chi connectivity index (χ4v) is 2.81. The molecule has 0 aromatic carbocycles. The van der Waals surface area contributed by atoms with E-state index in [1.54, 1.807) is 0 Å². The molecule has 3 heteroatoms. The molecule has 1 aliphatic carbocycles. The number of amides is 1. The van der Waals surface area contributed by atoms with Crippen LogP contribution in [-0.2, 0) is 4.79 Å². The van der Waals surface area contributed by atoms with Crippen molar-refractivity contribution in [2.24, 2.45) is 17.3 Å². The molecule has 2 rings (SSSR count). The average Bonchev–Trinajstić information content (AvgIpc) is 2.93. The first-order chi connectivity index (χ1) is 8.42. The molecule has 0 bridgehead atoms. The van der Waals surface area contributed by atoms with Crippen LogP contribution >= 0.6 is 0 Å². The Kier molecular flexibility index (Phi) is 4.31. The van der Waals surface area contributed by atoms with Crippen LogP contribution in [0.25, 0.3) is 0 Å². The van der Waals surface area contributed by atoms with E-state index in [1.165, 1.54) is 32.4 Å². The molecule has 1 saturated carbocycles. The lowest BCUT2D eigenvalue weighted by Gasteiger charge is -2.26. The summed E-state index contributed by atoms with van der Waals surface area (Å²) in [5, 5.41) is 3.11. The molecule has 1 heterocycles. The van der Waals surface area contributed by atoms with Gasteiger partial charge in [-0.2, -0.15) is 0 Å². The Morgan fingerprint density at radius 2 is 1.94 bits per heavy atom. The monoisotopic (exact) mass is 252 g/mol. The van der Waals surface area contributed by atoms with Gasteiger partial charge in [-0.05, 0) is 43.1 Å². The van der Waals surface area contributed by atoms with Crippen molar-refractivity contribution in [2.75, 3.05) is 26.2 Å². The van der Waals surface area contributed by atoms with Gasteiger partial charge in [0, 0.05) is 26.1 Å². The molecule has 2 aliphatic rings. The second-order valence-corrected chi connectivity index (χ2v) is 7.40. The molecule has 1 saturated heterocycles. The zero-order valence-corrected chi connectivity index (χ0v) is 12.2. The van der Waals surface area contributed by atoms with Crippen molar-refractivity contribution in [3.63, 3.8) is 0 Å². The Morgan fingerprint density at radius 1 is 1.22 bits per heavy atom. The first-order valence-corrected chi connectivity index (χ1v) is 7.41. The van der Waals surface area contributed by atoms with Crippen molar-refractivity contribution in [1.29, 1.82) is 0 Å². The highest BCUT2D eigenvalue weighted by Crippen LogP contribution is 2.32. The summed E-state index contributed by atoms with van der Waals surface area (Å²) in [5.41, 5.74) is 0.379. The summed E-state index contributed by atoms with van der Waals surface area (Å²) in [4.78, 5) is 14.2. The predicted octanol–water partition coefficient (Wildman–Crippen LogP) is 2.27. The largest absolute Gasteiger partial charge is 0.356 e. The first-order valence-electron chi connectivity index (χ1n) is 7.41. The highest BCUT2D eigenvalue weighted by molar-refractivity contribution is 5.76. The van der Waals surface area contributed by atoms with Crippen molar-refractivity contribution < 1.29 is 4.79 Å². The summed E-state index contributed by atoms with van der Waals surface area (Å²) in [6, 6.07) is 0. The van der Waals surface area contributed by atoms with Crippen LogP contribution in [0.1, 0.15) is 46.5 Å². The van der Waals surface area contributed by atoms with E-state index in [2.05, 4.69) is 31.0 Å². The Hall–Kier alpha value is -0.570. The van der Waals surface area contributed by atoms with E-state index in [0.29, 0.717) is 17.3 Å². The molecule has 0 aromatic rings. The number of hydrogen-bond acceptors (Lipinski definition) is 2. The van der Waals surface area contributed by atoms with Crippen molar-refractivity contribution in [3.05, 3.63) is 0 Å². The Balaban J connectivity index is 1.61. The summed E-state index contributed by atoms with van der Waals surface area (Å²) in [6.07, 6.45) is 4.52. The second kappa shape index (κ2) is 5.60. The van der Waals surface area contributed by atoms with Crippen LogP contribution in [0.15, 0.2) is 0 Å². The molecule has 1 aliphatic heterocycles. The van der Waals surface area contributed by atoms with E-state index in [0.717, 1.165) is 19.5 Å². The van der Waals surface area contributed by atoms with Crippen LogP contribution in [0.4, 0.5) is 0 Å². The topological polar surface area (TPSA) is 32.3 Å². The zero-order chi connectivity index (χ0) is 13.2. The summed E-state index contributed by atoms with van der Waals surface area (Å²) in [7, 11) is 0. The molecule has 1 N–H and O–H groups in total. The van der Waals surface area contributed by atoms with Gasteiger partial charge in [-0.25, -0.2) is 0 Å². The minimum atomic E-state index is 0.270. The number of carbonyl (C=O) groups excluding carboxylic acids is 1. The SMILES string of the molecule is CC(C)(C)CN1CC[C@H](CNC(=O)CC2CC2)C1. The first kappa shape index (κ1) is 13.9. The van der Waals surface area contributed by atoms with E-state index >= 15 is 0 Å². The highest BCUT2D eigenvalue weighted by atomic mass is 16.1. The lowest BCUT2D eigenvalue weighted by atomic mass is 9.96. The van der Waals surface area contributed by atoms with E-state index in [4.69, 9.17) is 0 Å². The molecule has 1 atom stereocenters. The number of likely N-dealkylation sites (tertiary alicyclic amines) is 1. The summed E-state index contributed by atoms with van der Waals surface area (Å²) < 4.78 is 0. The van der Waals surface area contributed by atoms with Gasteiger partial charge < -0.3 is 10.2 Å². The van der Waals surface area contributed by atoms with Crippen LogP contribution in [-0.4, -0.2) is 37.0 Å². The maximum absolute atomic E-state index is 11.6. The molecule has 0 spiro atoms. The third-order valence-electron chi connectivity index (χ3n) is 3.83. The van der Waals surface area contributed by atoms with Gasteiger partial charge in [-0.3, -0.25) is 4.79 Å². The third kappa shape index (κ3) is 4.97. The van der Waals surface area contributed by atoms with Gasteiger partial charge in [0.1, 0.15) is 0 Å². The molecule has 1 amide bonds. The maximum Gasteiger partial charge on any atom is 0.220 e. The number of nitrogens with zero attached hydrogens (tertiary/aromatic N) is 1. The number of rotatable bonds is 5. The van der Waals surface area contributed by atoms with Crippen LogP contribution in [0.2, 0.25) is 0 Å². The molecule has 104 valence electrons. The second-order valence-electron chi connectivity index (χ2n) is 7.40. The molecule has 0 unspecified atom stereocenters. The molecule has 18 heavy (non-hydrogen) atoms. The Bertz CT molecular complexity index is 291. The maximum atomic E-state index is 11.6. The fourth-order valence-electron chi connectivity index (χ4n) is 2.81. The molecule has 2 fully saturated rings. The fraction of sp³-hybridized carbons (Fsp3) is 0.933. The Morgan fingerprint density at radius 3 is 2.56 bits per heavy atom. The molecular formula is C15H28N2O. The normalized spacial score (nSPS) is 25.4. The summed E-state index contributed by atoms with van der Waals surface area (Å²) >= 11 is 0. The highest BCUT2D eigenvalue weighted by Gasteiger charge is 2.27. The minimum absolute atomic E-state index is 0.270. The number of carbonyl (C=O) groups is 1. The molecular weight excluding hydrogens is 224 g/mol. The van der Waals surface area contributed by atoms with Gasteiger partial charge in [0.2, 0.25) is 5.91 Å². The quantitative estimate of drug-likeness (QED) is 0.814. The predicted molar refractivity (Wildman–Crippen MR) is 74.4 cm³/mol. The number of nitrogens with one attached hydrogen (secondary N) is 1.